The Hall–Kier alpha value is -1.71. The van der Waals surface area contributed by atoms with Gasteiger partial charge in [0, 0.05) is 5.39 Å². The third-order valence-corrected chi connectivity index (χ3v) is 2.16. The minimum atomic E-state index is 0.589. The first-order chi connectivity index (χ1) is 6.77. The van der Waals surface area contributed by atoms with E-state index in [1.165, 1.54) is 0 Å². The smallest absolute Gasteiger partial charge is 0.212 e. The molecule has 0 aliphatic carbocycles. The maximum atomic E-state index is 5.20. The predicted molar refractivity (Wildman–Crippen MR) is 51.9 cm³/mol. The zero-order valence-electron chi connectivity index (χ0n) is 8.33. The van der Waals surface area contributed by atoms with Crippen LogP contribution in [-0.4, -0.2) is 19.4 Å². The number of hydrogen-bond donors (Lipinski definition) is 0. The summed E-state index contributed by atoms with van der Waals surface area (Å²) in [6, 6.07) is 3.74. The summed E-state index contributed by atoms with van der Waals surface area (Å²) in [7, 11) is 3.17. The Morgan fingerprint density at radius 1 is 1.21 bits per heavy atom. The molecule has 0 N–H and O–H groups in total. The molecule has 4 nitrogen and oxygen atoms in total. The quantitative estimate of drug-likeness (QED) is 0.733. The van der Waals surface area contributed by atoms with Crippen LogP contribution in [0.1, 0.15) is 5.69 Å². The van der Waals surface area contributed by atoms with E-state index in [1.54, 1.807) is 14.2 Å². The first-order valence-corrected chi connectivity index (χ1v) is 4.25. The first kappa shape index (κ1) is 8.87. The van der Waals surface area contributed by atoms with Gasteiger partial charge in [0.05, 0.1) is 19.9 Å². The van der Waals surface area contributed by atoms with Crippen LogP contribution < -0.4 is 9.47 Å². The van der Waals surface area contributed by atoms with E-state index >= 15 is 0 Å². The van der Waals surface area contributed by atoms with Gasteiger partial charge in [-0.05, 0) is 19.1 Å². The number of ether oxygens (including phenoxy) is 2. The largest absolute Gasteiger partial charge is 0.493 e. The van der Waals surface area contributed by atoms with Crippen molar-refractivity contribution in [3.05, 3.63) is 17.8 Å². The van der Waals surface area contributed by atoms with E-state index in [2.05, 4.69) is 5.16 Å². The third-order valence-electron chi connectivity index (χ3n) is 2.16. The number of rotatable bonds is 2. The molecule has 0 aliphatic heterocycles. The van der Waals surface area contributed by atoms with E-state index in [9.17, 15) is 0 Å². The molecule has 0 radical (unpaired) electrons. The zero-order valence-corrected chi connectivity index (χ0v) is 8.33. The van der Waals surface area contributed by atoms with Crippen LogP contribution in [0.2, 0.25) is 0 Å². The van der Waals surface area contributed by atoms with Gasteiger partial charge in [-0.1, -0.05) is 5.16 Å². The number of fused-ring (bicyclic) bond motifs is 1. The van der Waals surface area contributed by atoms with Gasteiger partial charge in [-0.3, -0.25) is 0 Å². The van der Waals surface area contributed by atoms with Crippen molar-refractivity contribution in [2.24, 2.45) is 0 Å². The second-order valence-electron chi connectivity index (χ2n) is 2.95. The molecule has 2 aromatic rings. The molecule has 0 bridgehead atoms. The second-order valence-corrected chi connectivity index (χ2v) is 2.95. The van der Waals surface area contributed by atoms with Crippen LogP contribution >= 0.6 is 0 Å². The number of methoxy groups -OCH3 is 2. The molecule has 2 rings (SSSR count). The van der Waals surface area contributed by atoms with Crippen molar-refractivity contribution in [1.82, 2.24) is 5.16 Å². The highest BCUT2D eigenvalue weighted by Crippen LogP contribution is 2.36. The van der Waals surface area contributed by atoms with E-state index in [4.69, 9.17) is 14.0 Å². The number of hydrogen-bond acceptors (Lipinski definition) is 4. The van der Waals surface area contributed by atoms with Crippen LogP contribution in [0.15, 0.2) is 16.7 Å². The monoisotopic (exact) mass is 193 g/mol. The van der Waals surface area contributed by atoms with Gasteiger partial charge in [0.1, 0.15) is 0 Å². The molecule has 0 fully saturated rings. The lowest BCUT2D eigenvalue weighted by Crippen LogP contribution is -1.90. The molecule has 4 heteroatoms. The Kier molecular flexibility index (Phi) is 2.04. The summed E-state index contributed by atoms with van der Waals surface area (Å²) < 4.78 is 15.5. The van der Waals surface area contributed by atoms with Gasteiger partial charge in [-0.25, -0.2) is 0 Å². The van der Waals surface area contributed by atoms with Gasteiger partial charge in [0.25, 0.3) is 0 Å². The molecule has 14 heavy (non-hydrogen) atoms. The molecule has 0 atom stereocenters. The van der Waals surface area contributed by atoms with Gasteiger partial charge in [0.15, 0.2) is 5.75 Å². The fraction of sp³-hybridized carbons (Fsp3) is 0.300. The molecule has 0 saturated heterocycles. The highest BCUT2D eigenvalue weighted by atomic mass is 16.5. The van der Waals surface area contributed by atoms with Crippen LogP contribution in [0.4, 0.5) is 0 Å². The average molecular weight is 193 g/mol. The molecular weight excluding hydrogens is 182 g/mol. The summed E-state index contributed by atoms with van der Waals surface area (Å²) >= 11 is 0. The Morgan fingerprint density at radius 3 is 2.64 bits per heavy atom. The molecule has 0 aliphatic rings. The molecule has 0 spiro atoms. The van der Waals surface area contributed by atoms with Crippen molar-refractivity contribution < 1.29 is 14.0 Å². The van der Waals surface area contributed by atoms with Gasteiger partial charge < -0.3 is 14.0 Å². The van der Waals surface area contributed by atoms with Crippen LogP contribution in [0, 0.1) is 6.92 Å². The maximum Gasteiger partial charge on any atom is 0.212 e. The SMILES string of the molecule is COc1ccc2c(C)noc2c1OC. The molecule has 74 valence electrons. The minimum absolute atomic E-state index is 0.589. The van der Waals surface area contributed by atoms with E-state index < -0.39 is 0 Å². The lowest BCUT2D eigenvalue weighted by Gasteiger charge is -2.05. The van der Waals surface area contributed by atoms with E-state index in [1.807, 2.05) is 19.1 Å². The number of benzene rings is 1. The minimum Gasteiger partial charge on any atom is -0.493 e. The number of aryl methyl sites for hydroxylation is 1. The molecule has 1 aromatic carbocycles. The Morgan fingerprint density at radius 2 is 2.00 bits per heavy atom. The van der Waals surface area contributed by atoms with Gasteiger partial charge in [-0.2, -0.15) is 0 Å². The predicted octanol–water partition coefficient (Wildman–Crippen LogP) is 2.15. The van der Waals surface area contributed by atoms with Gasteiger partial charge in [0.2, 0.25) is 11.3 Å². The van der Waals surface area contributed by atoms with Crippen molar-refractivity contribution in [2.75, 3.05) is 14.2 Å². The molecular formula is C10H11NO3. The second kappa shape index (κ2) is 3.21. The Balaban J connectivity index is 2.77. The standard InChI is InChI=1S/C10H11NO3/c1-6-7-4-5-8(12-2)10(13-3)9(7)14-11-6/h4-5H,1-3H3. The normalized spacial score (nSPS) is 10.5. The fourth-order valence-electron chi connectivity index (χ4n) is 1.44. The van der Waals surface area contributed by atoms with E-state index in [-0.39, 0.29) is 0 Å². The summed E-state index contributed by atoms with van der Waals surface area (Å²) in [5.74, 6) is 1.24. The lowest BCUT2D eigenvalue weighted by atomic mass is 10.2. The van der Waals surface area contributed by atoms with Crippen molar-refractivity contribution in [3.8, 4) is 11.5 Å². The van der Waals surface area contributed by atoms with E-state index in [0.29, 0.717) is 17.1 Å². The summed E-state index contributed by atoms with van der Waals surface area (Å²) in [4.78, 5) is 0. The Bertz CT molecular complexity index is 462. The molecule has 0 unspecified atom stereocenters. The number of nitrogens with zero attached hydrogens (tertiary/aromatic N) is 1. The third kappa shape index (κ3) is 1.11. The lowest BCUT2D eigenvalue weighted by molar-refractivity contribution is 0.347. The van der Waals surface area contributed by atoms with Crippen molar-refractivity contribution >= 4 is 11.0 Å². The summed E-state index contributed by atoms with van der Waals surface area (Å²) in [5.41, 5.74) is 1.48. The van der Waals surface area contributed by atoms with Crippen molar-refractivity contribution in [1.29, 1.82) is 0 Å². The van der Waals surface area contributed by atoms with E-state index in [0.717, 1.165) is 11.1 Å². The maximum absolute atomic E-state index is 5.20. The topological polar surface area (TPSA) is 44.5 Å². The summed E-state index contributed by atoms with van der Waals surface area (Å²) in [6.07, 6.45) is 0. The highest BCUT2D eigenvalue weighted by molar-refractivity contribution is 5.87. The molecule has 1 aromatic heterocycles. The van der Waals surface area contributed by atoms with Crippen LogP contribution in [0.5, 0.6) is 11.5 Å². The van der Waals surface area contributed by atoms with Crippen LogP contribution in [0.3, 0.4) is 0 Å². The highest BCUT2D eigenvalue weighted by Gasteiger charge is 2.14. The summed E-state index contributed by atoms with van der Waals surface area (Å²) in [5, 5.41) is 4.82. The molecule has 1 heterocycles. The van der Waals surface area contributed by atoms with Crippen molar-refractivity contribution in [3.63, 3.8) is 0 Å². The molecule has 0 amide bonds. The number of aromatic nitrogens is 1. The van der Waals surface area contributed by atoms with Crippen molar-refractivity contribution in [2.45, 2.75) is 6.92 Å². The van der Waals surface area contributed by atoms with Gasteiger partial charge >= 0.3 is 0 Å². The Labute approximate surface area is 81.4 Å². The summed E-state index contributed by atoms with van der Waals surface area (Å²) in [6.45, 7) is 1.89. The van der Waals surface area contributed by atoms with Crippen LogP contribution in [0.25, 0.3) is 11.0 Å². The fourth-order valence-corrected chi connectivity index (χ4v) is 1.44. The zero-order chi connectivity index (χ0) is 10.1. The molecule has 0 saturated carbocycles. The van der Waals surface area contributed by atoms with Crippen LogP contribution in [-0.2, 0) is 0 Å². The van der Waals surface area contributed by atoms with Gasteiger partial charge in [-0.15, -0.1) is 0 Å². The first-order valence-electron chi connectivity index (χ1n) is 4.25. The average Bonchev–Trinajstić information content (AvgIpc) is 2.59.